The van der Waals surface area contributed by atoms with Crippen molar-refractivity contribution < 1.29 is 9.59 Å². The molecule has 3 aliphatic rings. The Kier molecular flexibility index (Phi) is 5.48. The zero-order chi connectivity index (χ0) is 18.8. The van der Waals surface area contributed by atoms with Crippen LogP contribution in [-0.4, -0.2) is 60.9 Å². The van der Waals surface area contributed by atoms with Gasteiger partial charge in [-0.05, 0) is 56.8 Å². The zero-order valence-electron chi connectivity index (χ0n) is 16.3. The summed E-state index contributed by atoms with van der Waals surface area (Å²) in [5.74, 6) is 0.558. The number of nitrogens with zero attached hydrogens (tertiary/aromatic N) is 3. The summed E-state index contributed by atoms with van der Waals surface area (Å²) in [4.78, 5) is 31.8. The number of benzene rings is 1. The molecule has 1 aromatic carbocycles. The van der Waals surface area contributed by atoms with Crippen LogP contribution in [0, 0.1) is 11.8 Å². The van der Waals surface area contributed by atoms with Crippen LogP contribution in [0.2, 0.25) is 0 Å². The van der Waals surface area contributed by atoms with E-state index in [1.165, 1.54) is 45.2 Å². The quantitative estimate of drug-likeness (QED) is 0.820. The summed E-state index contributed by atoms with van der Waals surface area (Å²) in [5, 5.41) is 0. The maximum atomic E-state index is 13.0. The zero-order valence-corrected chi connectivity index (χ0v) is 16.3. The third kappa shape index (κ3) is 3.88. The van der Waals surface area contributed by atoms with Crippen molar-refractivity contribution in [2.24, 2.45) is 11.8 Å². The number of amides is 2. The van der Waals surface area contributed by atoms with E-state index in [-0.39, 0.29) is 17.7 Å². The largest absolute Gasteiger partial charge is 0.345 e. The van der Waals surface area contributed by atoms with E-state index in [0.29, 0.717) is 24.9 Å². The van der Waals surface area contributed by atoms with Crippen LogP contribution in [0.25, 0.3) is 0 Å². The van der Waals surface area contributed by atoms with Gasteiger partial charge in [-0.25, -0.2) is 0 Å². The lowest BCUT2D eigenvalue weighted by Gasteiger charge is -2.45. The Bertz CT molecular complexity index is 675. The maximum Gasteiger partial charge on any atom is 0.227 e. The molecule has 3 saturated heterocycles. The lowest BCUT2D eigenvalue weighted by molar-refractivity contribution is -0.135. The number of hydrogen-bond acceptors (Lipinski definition) is 3. The molecule has 4 rings (SSSR count). The summed E-state index contributed by atoms with van der Waals surface area (Å²) in [5.41, 5.74) is 0.894. The molecular weight excluding hydrogens is 338 g/mol. The van der Waals surface area contributed by atoms with E-state index >= 15 is 0 Å². The van der Waals surface area contributed by atoms with Crippen molar-refractivity contribution in [3.63, 3.8) is 0 Å². The molecule has 5 nitrogen and oxygen atoms in total. The van der Waals surface area contributed by atoms with E-state index in [9.17, 15) is 9.59 Å². The van der Waals surface area contributed by atoms with Crippen molar-refractivity contribution in [2.45, 2.75) is 44.6 Å². The third-order valence-electron chi connectivity index (χ3n) is 6.66. The van der Waals surface area contributed by atoms with Crippen LogP contribution in [-0.2, 0) is 9.59 Å². The van der Waals surface area contributed by atoms with Gasteiger partial charge in [0.05, 0.1) is 5.92 Å². The molecule has 3 heterocycles. The monoisotopic (exact) mass is 369 g/mol. The van der Waals surface area contributed by atoms with Crippen LogP contribution in [0.15, 0.2) is 30.3 Å². The van der Waals surface area contributed by atoms with E-state index in [1.54, 1.807) is 4.90 Å². The lowest BCUT2D eigenvalue weighted by Crippen LogP contribution is -2.51. The second-order valence-electron chi connectivity index (χ2n) is 8.46. The molecule has 0 spiro atoms. The molecule has 0 saturated carbocycles. The minimum absolute atomic E-state index is 0.0593. The Morgan fingerprint density at radius 3 is 2.70 bits per heavy atom. The van der Waals surface area contributed by atoms with Gasteiger partial charge in [0.1, 0.15) is 0 Å². The molecule has 1 aromatic rings. The fraction of sp³-hybridized carbons (Fsp3) is 0.636. The summed E-state index contributed by atoms with van der Waals surface area (Å²) >= 11 is 0. The van der Waals surface area contributed by atoms with Crippen molar-refractivity contribution in [3.05, 3.63) is 30.3 Å². The Balaban J connectivity index is 1.37. The Hall–Kier alpha value is -1.88. The number of fused-ring (bicyclic) bond motifs is 1. The molecule has 2 amide bonds. The first kappa shape index (κ1) is 18.5. The molecule has 0 N–H and O–H groups in total. The highest BCUT2D eigenvalue weighted by atomic mass is 16.2. The fourth-order valence-electron chi connectivity index (χ4n) is 5.27. The van der Waals surface area contributed by atoms with Crippen LogP contribution in [0.4, 0.5) is 5.69 Å². The van der Waals surface area contributed by atoms with Gasteiger partial charge in [0, 0.05) is 38.3 Å². The van der Waals surface area contributed by atoms with Gasteiger partial charge in [0.2, 0.25) is 11.8 Å². The highest BCUT2D eigenvalue weighted by Gasteiger charge is 2.38. The van der Waals surface area contributed by atoms with Crippen LogP contribution in [0.3, 0.4) is 0 Å². The van der Waals surface area contributed by atoms with E-state index in [2.05, 4.69) is 4.90 Å². The number of piperidine rings is 2. The minimum Gasteiger partial charge on any atom is -0.345 e. The molecule has 3 aliphatic heterocycles. The van der Waals surface area contributed by atoms with Crippen LogP contribution >= 0.6 is 0 Å². The molecule has 146 valence electrons. The first-order chi connectivity index (χ1) is 13.1. The van der Waals surface area contributed by atoms with E-state index in [0.717, 1.165) is 12.2 Å². The van der Waals surface area contributed by atoms with Crippen LogP contribution in [0.1, 0.15) is 38.5 Å². The number of carbonyl (C=O) groups is 2. The molecule has 0 aliphatic carbocycles. The number of para-hydroxylation sites is 1. The predicted octanol–water partition coefficient (Wildman–Crippen LogP) is 2.76. The van der Waals surface area contributed by atoms with Crippen molar-refractivity contribution in [1.29, 1.82) is 0 Å². The molecule has 27 heavy (non-hydrogen) atoms. The highest BCUT2D eigenvalue weighted by Crippen LogP contribution is 2.32. The maximum absolute atomic E-state index is 13.0. The Labute approximate surface area is 162 Å². The van der Waals surface area contributed by atoms with Gasteiger partial charge in [0.15, 0.2) is 0 Å². The molecule has 0 unspecified atom stereocenters. The van der Waals surface area contributed by atoms with Gasteiger partial charge < -0.3 is 14.7 Å². The van der Waals surface area contributed by atoms with Gasteiger partial charge in [-0.3, -0.25) is 9.59 Å². The standard InChI is InChI=1S/C22H31N3O2/c1-23(15-17-8-7-13-24-12-6-5-11-20(17)24)22(27)18-14-21(26)25(16-18)19-9-3-2-4-10-19/h2-4,9-10,17-18,20H,5-8,11-16H2,1H3/t17-,18-,20-/m0/s1. The lowest BCUT2D eigenvalue weighted by atomic mass is 9.83. The fourth-order valence-corrected chi connectivity index (χ4v) is 5.27. The molecular formula is C22H31N3O2. The number of anilines is 1. The summed E-state index contributed by atoms with van der Waals surface area (Å²) < 4.78 is 0. The van der Waals surface area contributed by atoms with Crippen molar-refractivity contribution in [1.82, 2.24) is 9.80 Å². The first-order valence-corrected chi connectivity index (χ1v) is 10.5. The molecule has 3 atom stereocenters. The topological polar surface area (TPSA) is 43.9 Å². The average molecular weight is 370 g/mol. The van der Waals surface area contributed by atoms with Crippen LogP contribution in [0.5, 0.6) is 0 Å². The molecule has 3 fully saturated rings. The smallest absolute Gasteiger partial charge is 0.227 e. The second-order valence-corrected chi connectivity index (χ2v) is 8.46. The van der Waals surface area contributed by atoms with Gasteiger partial charge in [-0.2, -0.15) is 0 Å². The molecule has 0 aromatic heterocycles. The molecule has 5 heteroatoms. The van der Waals surface area contributed by atoms with Crippen molar-refractivity contribution in [2.75, 3.05) is 38.1 Å². The third-order valence-corrected chi connectivity index (χ3v) is 6.66. The van der Waals surface area contributed by atoms with Crippen LogP contribution < -0.4 is 4.90 Å². The van der Waals surface area contributed by atoms with Gasteiger partial charge in [-0.1, -0.05) is 24.6 Å². The highest BCUT2D eigenvalue weighted by molar-refractivity contribution is 6.00. The van der Waals surface area contributed by atoms with Gasteiger partial charge in [0.25, 0.3) is 0 Å². The Morgan fingerprint density at radius 1 is 1.11 bits per heavy atom. The van der Waals surface area contributed by atoms with Crippen molar-refractivity contribution >= 4 is 17.5 Å². The molecule has 0 radical (unpaired) electrons. The first-order valence-electron chi connectivity index (χ1n) is 10.5. The minimum atomic E-state index is -0.214. The van der Waals surface area contributed by atoms with E-state index in [1.807, 2.05) is 42.3 Å². The normalized spacial score (nSPS) is 28.9. The Morgan fingerprint density at radius 2 is 1.89 bits per heavy atom. The van der Waals surface area contributed by atoms with Gasteiger partial charge >= 0.3 is 0 Å². The summed E-state index contributed by atoms with van der Waals surface area (Å²) in [6, 6.07) is 10.3. The van der Waals surface area contributed by atoms with E-state index in [4.69, 9.17) is 0 Å². The van der Waals surface area contributed by atoms with E-state index < -0.39 is 0 Å². The predicted molar refractivity (Wildman–Crippen MR) is 106 cm³/mol. The van der Waals surface area contributed by atoms with Crippen molar-refractivity contribution in [3.8, 4) is 0 Å². The summed E-state index contributed by atoms with van der Waals surface area (Å²) in [6.45, 7) is 3.78. The number of rotatable bonds is 4. The SMILES string of the molecule is CN(C[C@@H]1CCCN2CCCC[C@@H]12)C(=O)[C@H]1CC(=O)N(c2ccccc2)C1. The number of carbonyl (C=O) groups excluding carboxylic acids is 2. The second kappa shape index (κ2) is 8.01. The average Bonchev–Trinajstić information content (AvgIpc) is 3.10. The molecule has 0 bridgehead atoms. The van der Waals surface area contributed by atoms with Gasteiger partial charge in [-0.15, -0.1) is 0 Å². The number of hydrogen-bond donors (Lipinski definition) is 0. The summed E-state index contributed by atoms with van der Waals surface area (Å²) in [7, 11) is 1.93. The summed E-state index contributed by atoms with van der Waals surface area (Å²) in [6.07, 6.45) is 6.70.